The average Bonchev–Trinajstić information content (AvgIpc) is 3.60. The van der Waals surface area contributed by atoms with Crippen LogP contribution in [0.2, 0.25) is 0 Å². The highest BCUT2D eigenvalue weighted by atomic mass is 32.2. The van der Waals surface area contributed by atoms with Crippen molar-refractivity contribution in [2.75, 3.05) is 19.7 Å². The molecule has 0 aromatic heterocycles. The molecule has 3 aliphatic rings. The molecule has 45 heavy (non-hydrogen) atoms. The monoisotopic (exact) mass is 629 g/mol. The van der Waals surface area contributed by atoms with E-state index in [0.717, 1.165) is 17.5 Å². The third-order valence-corrected chi connectivity index (χ3v) is 11.8. The van der Waals surface area contributed by atoms with Crippen LogP contribution in [0.15, 0.2) is 86.0 Å². The molecule has 0 aliphatic carbocycles. The molecular weight excluding hydrogens is 582 g/mol. The summed E-state index contributed by atoms with van der Waals surface area (Å²) in [5, 5.41) is 10.7. The van der Waals surface area contributed by atoms with Gasteiger partial charge < -0.3 is 19.8 Å². The highest BCUT2D eigenvalue weighted by molar-refractivity contribution is 8.02. The van der Waals surface area contributed by atoms with Gasteiger partial charge in [-0.3, -0.25) is 14.4 Å². The predicted molar refractivity (Wildman–Crippen MR) is 180 cm³/mol. The van der Waals surface area contributed by atoms with Crippen LogP contribution in [0, 0.1) is 17.8 Å². The highest BCUT2D eigenvalue weighted by Gasteiger charge is 2.78. The Hall–Kier alpha value is -3.36. The minimum Gasteiger partial charge on any atom is -0.394 e. The van der Waals surface area contributed by atoms with E-state index in [9.17, 15) is 19.5 Å². The molecule has 2 unspecified atom stereocenters. The molecule has 2 aromatic carbocycles. The summed E-state index contributed by atoms with van der Waals surface area (Å²) in [6.07, 6.45) is 5.41. The van der Waals surface area contributed by atoms with Gasteiger partial charge in [0, 0.05) is 30.9 Å². The van der Waals surface area contributed by atoms with Crippen molar-refractivity contribution < 1.29 is 19.5 Å². The van der Waals surface area contributed by atoms with E-state index < -0.39 is 33.4 Å². The van der Waals surface area contributed by atoms with Gasteiger partial charge in [-0.1, -0.05) is 86.7 Å². The summed E-state index contributed by atoms with van der Waals surface area (Å²) in [6.45, 7) is 15.3. The fourth-order valence-corrected chi connectivity index (χ4v) is 10.3. The molecule has 7 nitrogen and oxygen atoms in total. The number of fused-ring (bicyclic) bond motifs is 1. The second kappa shape index (κ2) is 13.6. The first-order chi connectivity index (χ1) is 21.6. The number of hydrogen-bond donors (Lipinski definition) is 1. The van der Waals surface area contributed by atoms with Gasteiger partial charge in [-0.2, -0.15) is 0 Å². The molecule has 6 atom stereocenters. The number of benzene rings is 2. The lowest BCUT2D eigenvalue weighted by Gasteiger charge is -2.40. The Morgan fingerprint density at radius 3 is 1.98 bits per heavy atom. The first-order valence-electron chi connectivity index (χ1n) is 16.1. The van der Waals surface area contributed by atoms with E-state index in [4.69, 9.17) is 0 Å². The average molecular weight is 630 g/mol. The van der Waals surface area contributed by atoms with Crippen LogP contribution in [-0.4, -0.2) is 78.8 Å². The van der Waals surface area contributed by atoms with E-state index in [-0.39, 0.29) is 30.2 Å². The van der Waals surface area contributed by atoms with E-state index in [0.29, 0.717) is 39.0 Å². The van der Waals surface area contributed by atoms with Gasteiger partial charge in [0.25, 0.3) is 0 Å². The van der Waals surface area contributed by atoms with Gasteiger partial charge in [-0.15, -0.1) is 24.9 Å². The predicted octanol–water partition coefficient (Wildman–Crippen LogP) is 5.30. The molecule has 240 valence electrons. The largest absolute Gasteiger partial charge is 0.394 e. The molecule has 1 N–H and O–H groups in total. The van der Waals surface area contributed by atoms with E-state index >= 15 is 0 Å². The van der Waals surface area contributed by atoms with Gasteiger partial charge in [0.1, 0.15) is 6.04 Å². The maximum Gasteiger partial charge on any atom is 0.247 e. The van der Waals surface area contributed by atoms with Gasteiger partial charge in [0.05, 0.1) is 29.2 Å². The summed E-state index contributed by atoms with van der Waals surface area (Å²) in [5.41, 5.74) is 2.00. The number of likely N-dealkylation sites (tertiary alicyclic amines) is 1. The normalized spacial score (nSPS) is 27.4. The molecule has 3 amide bonds. The maximum absolute atomic E-state index is 14.9. The van der Waals surface area contributed by atoms with E-state index in [2.05, 4.69) is 33.9 Å². The van der Waals surface area contributed by atoms with Crippen molar-refractivity contribution in [3.63, 3.8) is 0 Å². The number of nitrogens with zero attached hydrogens (tertiary/aromatic N) is 3. The van der Waals surface area contributed by atoms with Crippen LogP contribution in [0.3, 0.4) is 0 Å². The summed E-state index contributed by atoms with van der Waals surface area (Å²) < 4.78 is -1.26. The summed E-state index contributed by atoms with van der Waals surface area (Å²) in [6, 6.07) is 18.4. The Balaban J connectivity index is 1.57. The van der Waals surface area contributed by atoms with Crippen LogP contribution in [-0.2, 0) is 27.5 Å². The van der Waals surface area contributed by atoms with Crippen LogP contribution in [0.25, 0.3) is 0 Å². The third kappa shape index (κ3) is 6.11. The molecular formula is C37H47N3O4S. The van der Waals surface area contributed by atoms with E-state index in [1.165, 1.54) is 0 Å². The Kier molecular flexibility index (Phi) is 9.94. The number of thioether (sulfide) groups is 1. The molecule has 5 rings (SSSR count). The molecule has 0 radical (unpaired) electrons. The number of carbonyl (C=O) groups is 3. The molecule has 3 heterocycles. The lowest BCUT2D eigenvalue weighted by Crippen LogP contribution is -2.57. The molecule has 8 heteroatoms. The smallest absolute Gasteiger partial charge is 0.247 e. The quantitative estimate of drug-likeness (QED) is 0.287. The molecule has 3 aliphatic heterocycles. The first-order valence-corrected chi connectivity index (χ1v) is 16.9. The van der Waals surface area contributed by atoms with Crippen LogP contribution < -0.4 is 0 Å². The van der Waals surface area contributed by atoms with Crippen molar-refractivity contribution >= 4 is 29.5 Å². The van der Waals surface area contributed by atoms with E-state index in [1.54, 1.807) is 38.6 Å². The Labute approximate surface area is 272 Å². The number of aliphatic hydroxyl groups excluding tert-OH is 1. The second-order valence-corrected chi connectivity index (χ2v) is 15.3. The standard InChI is InChI=1S/C37H47N3O4S/c1-6-20-38(23-27-14-10-8-11-15-27)33(42)30-31-34(43)40(29(25-41)22-26(3)4)32(37(31)19-18-36(30,5)45-37)35(44)39(21-7-2)24-28-16-12-9-13-17-28/h6-17,26,29-32,41H,1-2,18-25H2,3-5H3/t29-,30-,31+,32?,36+,37?/m1/s1. The first kappa shape index (κ1) is 33.0. The molecule has 2 aromatic rings. The number of amides is 3. The van der Waals surface area contributed by atoms with Crippen LogP contribution in [0.5, 0.6) is 0 Å². The molecule has 0 saturated carbocycles. The van der Waals surface area contributed by atoms with Crippen molar-refractivity contribution in [1.82, 2.24) is 14.7 Å². The van der Waals surface area contributed by atoms with Crippen LogP contribution in [0.1, 0.15) is 51.2 Å². The van der Waals surface area contributed by atoms with E-state index in [1.807, 2.05) is 60.7 Å². The summed E-state index contributed by atoms with van der Waals surface area (Å²) in [4.78, 5) is 49.6. The lowest BCUT2D eigenvalue weighted by molar-refractivity contribution is -0.148. The second-order valence-electron chi connectivity index (χ2n) is 13.4. The van der Waals surface area contributed by atoms with Gasteiger partial charge in [0.2, 0.25) is 17.7 Å². The number of hydrogen-bond acceptors (Lipinski definition) is 5. The zero-order chi connectivity index (χ0) is 32.4. The fraction of sp³-hybridized carbons (Fsp3) is 0.486. The molecule has 1 spiro atoms. The Bertz CT molecular complexity index is 1400. The van der Waals surface area contributed by atoms with Crippen molar-refractivity contribution in [2.24, 2.45) is 17.8 Å². The summed E-state index contributed by atoms with van der Waals surface area (Å²) in [5.74, 6) is -1.45. The third-order valence-electron chi connectivity index (χ3n) is 9.82. The minimum atomic E-state index is -0.791. The zero-order valence-electron chi connectivity index (χ0n) is 26.8. The summed E-state index contributed by atoms with van der Waals surface area (Å²) in [7, 11) is 0. The van der Waals surface area contributed by atoms with Gasteiger partial charge >= 0.3 is 0 Å². The Morgan fingerprint density at radius 1 is 0.956 bits per heavy atom. The number of aliphatic hydroxyl groups is 1. The van der Waals surface area contributed by atoms with Gasteiger partial charge in [-0.25, -0.2) is 0 Å². The maximum atomic E-state index is 14.9. The van der Waals surface area contributed by atoms with Gasteiger partial charge in [0.15, 0.2) is 0 Å². The van der Waals surface area contributed by atoms with Crippen molar-refractivity contribution in [3.05, 3.63) is 97.1 Å². The van der Waals surface area contributed by atoms with Crippen molar-refractivity contribution in [3.8, 4) is 0 Å². The van der Waals surface area contributed by atoms with Crippen LogP contribution in [0.4, 0.5) is 0 Å². The zero-order valence-corrected chi connectivity index (χ0v) is 27.6. The molecule has 3 saturated heterocycles. The van der Waals surface area contributed by atoms with Crippen molar-refractivity contribution in [2.45, 2.75) is 74.7 Å². The van der Waals surface area contributed by atoms with Crippen molar-refractivity contribution in [1.29, 1.82) is 0 Å². The van der Waals surface area contributed by atoms with Gasteiger partial charge in [-0.05, 0) is 43.2 Å². The summed E-state index contributed by atoms with van der Waals surface area (Å²) >= 11 is 1.67. The molecule has 2 bridgehead atoms. The minimum absolute atomic E-state index is 0.0710. The number of carbonyl (C=O) groups excluding carboxylic acids is 3. The SMILES string of the molecule is C=CCN(Cc1ccccc1)C(=O)C1N([C@@H](CO)CC(C)C)C(=O)[C@@H]2[C@H](C(=O)N(CC=C)Cc3ccccc3)[C@]3(C)CCC12S3. The lowest BCUT2D eigenvalue weighted by atomic mass is 9.66. The fourth-order valence-electron chi connectivity index (χ4n) is 7.99. The Morgan fingerprint density at radius 2 is 1.49 bits per heavy atom. The molecule has 3 fully saturated rings. The van der Waals surface area contributed by atoms with Crippen LogP contribution >= 0.6 is 11.8 Å². The number of rotatable bonds is 14. The topological polar surface area (TPSA) is 81.2 Å². The highest BCUT2D eigenvalue weighted by Crippen LogP contribution is 2.72.